The number of rotatable bonds is 5. The van der Waals surface area contributed by atoms with Gasteiger partial charge in [-0.2, -0.15) is 0 Å². The lowest BCUT2D eigenvalue weighted by atomic mass is 10.0. The lowest BCUT2D eigenvalue weighted by molar-refractivity contribution is 0.0743. The predicted octanol–water partition coefficient (Wildman–Crippen LogP) is 1.93. The molecule has 1 fully saturated rings. The molecule has 0 radical (unpaired) electrons. The SMILES string of the molecule is COc1cc(CCC2COCCN2)c(OC)cc1C. The molecule has 0 spiro atoms. The van der Waals surface area contributed by atoms with E-state index in [1.165, 1.54) is 5.56 Å². The van der Waals surface area contributed by atoms with Gasteiger partial charge in [-0.1, -0.05) is 0 Å². The van der Waals surface area contributed by atoms with E-state index >= 15 is 0 Å². The zero-order chi connectivity index (χ0) is 13.7. The van der Waals surface area contributed by atoms with E-state index in [1.807, 2.05) is 13.0 Å². The van der Waals surface area contributed by atoms with Crippen LogP contribution in [-0.4, -0.2) is 40.0 Å². The van der Waals surface area contributed by atoms with Crippen molar-refractivity contribution in [1.82, 2.24) is 5.32 Å². The van der Waals surface area contributed by atoms with Gasteiger partial charge in [-0.25, -0.2) is 0 Å². The highest BCUT2D eigenvalue weighted by molar-refractivity contribution is 5.46. The van der Waals surface area contributed by atoms with Gasteiger partial charge in [-0.3, -0.25) is 0 Å². The van der Waals surface area contributed by atoms with Gasteiger partial charge in [0, 0.05) is 12.6 Å². The van der Waals surface area contributed by atoms with Gasteiger partial charge in [0.2, 0.25) is 0 Å². The first kappa shape index (κ1) is 14.2. The number of methoxy groups -OCH3 is 2. The molecule has 4 heteroatoms. The normalized spacial score (nSPS) is 19.2. The van der Waals surface area contributed by atoms with E-state index in [9.17, 15) is 0 Å². The van der Waals surface area contributed by atoms with Gasteiger partial charge in [-0.15, -0.1) is 0 Å². The molecule has 19 heavy (non-hydrogen) atoms. The van der Waals surface area contributed by atoms with Gasteiger partial charge in [0.1, 0.15) is 11.5 Å². The number of hydrogen-bond donors (Lipinski definition) is 1. The quantitative estimate of drug-likeness (QED) is 0.883. The third-order valence-corrected chi connectivity index (χ3v) is 3.56. The topological polar surface area (TPSA) is 39.7 Å². The third kappa shape index (κ3) is 3.61. The van der Waals surface area contributed by atoms with E-state index in [4.69, 9.17) is 14.2 Å². The Hall–Kier alpha value is -1.26. The first-order valence-corrected chi connectivity index (χ1v) is 6.77. The Morgan fingerprint density at radius 1 is 1.26 bits per heavy atom. The van der Waals surface area contributed by atoms with Crippen molar-refractivity contribution < 1.29 is 14.2 Å². The van der Waals surface area contributed by atoms with Crippen LogP contribution >= 0.6 is 0 Å². The van der Waals surface area contributed by atoms with Crippen LogP contribution in [0.25, 0.3) is 0 Å². The van der Waals surface area contributed by atoms with E-state index in [2.05, 4.69) is 11.4 Å². The smallest absolute Gasteiger partial charge is 0.122 e. The molecule has 0 aliphatic carbocycles. The minimum absolute atomic E-state index is 0.436. The highest BCUT2D eigenvalue weighted by Gasteiger charge is 2.15. The van der Waals surface area contributed by atoms with Crippen molar-refractivity contribution in [3.63, 3.8) is 0 Å². The largest absolute Gasteiger partial charge is 0.496 e. The van der Waals surface area contributed by atoms with Crippen LogP contribution in [0.4, 0.5) is 0 Å². The summed E-state index contributed by atoms with van der Waals surface area (Å²) in [7, 11) is 3.42. The molecule has 0 aromatic heterocycles. The maximum atomic E-state index is 5.47. The molecular formula is C15H23NO3. The van der Waals surface area contributed by atoms with Gasteiger partial charge < -0.3 is 19.5 Å². The molecule has 106 valence electrons. The summed E-state index contributed by atoms with van der Waals surface area (Å²) >= 11 is 0. The Morgan fingerprint density at radius 3 is 2.68 bits per heavy atom. The zero-order valence-electron chi connectivity index (χ0n) is 12.0. The van der Waals surface area contributed by atoms with Gasteiger partial charge in [-0.05, 0) is 43.0 Å². The first-order valence-electron chi connectivity index (χ1n) is 6.77. The Balaban J connectivity index is 2.05. The number of morpholine rings is 1. The van der Waals surface area contributed by atoms with Gasteiger partial charge in [0.05, 0.1) is 27.4 Å². The molecule has 1 aromatic carbocycles. The molecule has 0 amide bonds. The lowest BCUT2D eigenvalue weighted by Gasteiger charge is -2.24. The van der Waals surface area contributed by atoms with Gasteiger partial charge >= 0.3 is 0 Å². The lowest BCUT2D eigenvalue weighted by Crippen LogP contribution is -2.41. The molecule has 1 atom stereocenters. The summed E-state index contributed by atoms with van der Waals surface area (Å²) in [6.45, 7) is 4.59. The van der Waals surface area contributed by atoms with E-state index in [-0.39, 0.29) is 0 Å². The van der Waals surface area contributed by atoms with E-state index in [0.717, 1.165) is 49.7 Å². The fraction of sp³-hybridized carbons (Fsp3) is 0.600. The molecule has 4 nitrogen and oxygen atoms in total. The van der Waals surface area contributed by atoms with Crippen LogP contribution in [0, 0.1) is 6.92 Å². The van der Waals surface area contributed by atoms with E-state index in [0.29, 0.717) is 6.04 Å². The molecule has 1 unspecified atom stereocenters. The maximum absolute atomic E-state index is 5.47. The number of aryl methyl sites for hydroxylation is 2. The van der Waals surface area contributed by atoms with Crippen molar-refractivity contribution in [3.8, 4) is 11.5 Å². The van der Waals surface area contributed by atoms with Crippen LogP contribution in [0.15, 0.2) is 12.1 Å². The number of benzene rings is 1. The number of hydrogen-bond acceptors (Lipinski definition) is 4. The summed E-state index contributed by atoms with van der Waals surface area (Å²) < 4.78 is 16.3. The molecule has 2 rings (SSSR count). The van der Waals surface area contributed by atoms with Gasteiger partial charge in [0.25, 0.3) is 0 Å². The monoisotopic (exact) mass is 265 g/mol. The molecule has 1 saturated heterocycles. The summed E-state index contributed by atoms with van der Waals surface area (Å²) in [5.41, 5.74) is 2.29. The molecule has 0 bridgehead atoms. The van der Waals surface area contributed by atoms with Crippen LogP contribution in [-0.2, 0) is 11.2 Å². The van der Waals surface area contributed by atoms with E-state index < -0.39 is 0 Å². The Morgan fingerprint density at radius 2 is 2.05 bits per heavy atom. The van der Waals surface area contributed by atoms with Crippen molar-refractivity contribution in [1.29, 1.82) is 0 Å². The average molecular weight is 265 g/mol. The summed E-state index contributed by atoms with van der Waals surface area (Å²) in [6, 6.07) is 4.56. The highest BCUT2D eigenvalue weighted by Crippen LogP contribution is 2.29. The fourth-order valence-electron chi connectivity index (χ4n) is 2.44. The maximum Gasteiger partial charge on any atom is 0.122 e. The minimum atomic E-state index is 0.436. The molecule has 1 aliphatic heterocycles. The molecule has 1 heterocycles. The third-order valence-electron chi connectivity index (χ3n) is 3.56. The number of ether oxygens (including phenoxy) is 3. The molecule has 0 saturated carbocycles. The summed E-state index contributed by atoms with van der Waals surface area (Å²) in [4.78, 5) is 0. The molecular weight excluding hydrogens is 242 g/mol. The van der Waals surface area contributed by atoms with Crippen LogP contribution < -0.4 is 14.8 Å². The Kier molecular flexibility index (Phi) is 5.05. The Labute approximate surface area is 115 Å². The van der Waals surface area contributed by atoms with Crippen molar-refractivity contribution in [2.24, 2.45) is 0 Å². The van der Waals surface area contributed by atoms with Crippen LogP contribution in [0.3, 0.4) is 0 Å². The zero-order valence-corrected chi connectivity index (χ0v) is 12.0. The minimum Gasteiger partial charge on any atom is -0.496 e. The molecule has 1 N–H and O–H groups in total. The summed E-state index contributed by atoms with van der Waals surface area (Å²) in [6.07, 6.45) is 2.00. The predicted molar refractivity (Wildman–Crippen MR) is 75.2 cm³/mol. The number of nitrogens with one attached hydrogen (secondary N) is 1. The van der Waals surface area contributed by atoms with Crippen molar-refractivity contribution in [3.05, 3.63) is 23.3 Å². The van der Waals surface area contributed by atoms with Crippen LogP contribution in [0.5, 0.6) is 11.5 Å². The van der Waals surface area contributed by atoms with Gasteiger partial charge in [0.15, 0.2) is 0 Å². The van der Waals surface area contributed by atoms with Crippen molar-refractivity contribution >= 4 is 0 Å². The molecule has 1 aromatic rings. The standard InChI is InChI=1S/C15H23NO3/c1-11-8-15(18-3)12(9-14(11)17-2)4-5-13-10-19-7-6-16-13/h8-9,13,16H,4-7,10H2,1-3H3. The first-order chi connectivity index (χ1) is 9.24. The van der Waals surface area contributed by atoms with Crippen molar-refractivity contribution in [2.75, 3.05) is 34.0 Å². The highest BCUT2D eigenvalue weighted by atomic mass is 16.5. The fourth-order valence-corrected chi connectivity index (χ4v) is 2.44. The van der Waals surface area contributed by atoms with Crippen LogP contribution in [0.2, 0.25) is 0 Å². The second-order valence-electron chi connectivity index (χ2n) is 4.90. The van der Waals surface area contributed by atoms with Crippen LogP contribution in [0.1, 0.15) is 17.5 Å². The molecule has 1 aliphatic rings. The summed E-state index contributed by atoms with van der Waals surface area (Å²) in [5.74, 6) is 1.86. The summed E-state index contributed by atoms with van der Waals surface area (Å²) in [5, 5.41) is 3.47. The second-order valence-corrected chi connectivity index (χ2v) is 4.90. The van der Waals surface area contributed by atoms with E-state index in [1.54, 1.807) is 14.2 Å². The average Bonchev–Trinajstić information content (AvgIpc) is 2.46. The Bertz CT molecular complexity index is 414. The van der Waals surface area contributed by atoms with Crippen molar-refractivity contribution in [2.45, 2.75) is 25.8 Å². The second kappa shape index (κ2) is 6.78.